The fourth-order valence-electron chi connectivity index (χ4n) is 1.39. The number of carbonyl (C=O) groups is 1. The van der Waals surface area contributed by atoms with Crippen LogP contribution in [-0.2, 0) is 0 Å². The second-order valence-corrected chi connectivity index (χ2v) is 4.36. The molecule has 0 saturated heterocycles. The molecule has 3 nitrogen and oxygen atoms in total. The maximum absolute atomic E-state index is 12.4. The second kappa shape index (κ2) is 5.59. The maximum Gasteiger partial charge on any atom is 0.297 e. The summed E-state index contributed by atoms with van der Waals surface area (Å²) >= 11 is 11.4. The Bertz CT molecular complexity index is 618. The van der Waals surface area contributed by atoms with Crippen molar-refractivity contribution in [1.82, 2.24) is 9.97 Å². The van der Waals surface area contributed by atoms with Crippen molar-refractivity contribution in [2.45, 2.75) is 6.43 Å². The molecule has 0 aliphatic rings. The number of aromatic nitrogens is 2. The minimum Gasteiger partial charge on any atom is -0.288 e. The maximum atomic E-state index is 12.4. The summed E-state index contributed by atoms with van der Waals surface area (Å²) in [4.78, 5) is 18.9. The van der Waals surface area contributed by atoms with Crippen LogP contribution in [0.1, 0.15) is 28.2 Å². The van der Waals surface area contributed by atoms with Gasteiger partial charge in [-0.2, -0.15) is 0 Å². The van der Waals surface area contributed by atoms with Crippen molar-refractivity contribution in [2.24, 2.45) is 0 Å². The van der Waals surface area contributed by atoms with E-state index >= 15 is 0 Å². The van der Waals surface area contributed by atoms with Crippen molar-refractivity contribution in [3.63, 3.8) is 0 Å². The van der Waals surface area contributed by atoms with E-state index in [1.807, 2.05) is 0 Å². The standard InChI is InChI=1S/C12H6Cl2F2N2O/c13-7-3-1-6(2-4-7)9(19)8-5-17-12(11(15)16)18-10(8)14/h1-5,11H. The first-order valence-electron chi connectivity index (χ1n) is 5.10. The molecule has 19 heavy (non-hydrogen) atoms. The normalized spacial score (nSPS) is 10.8. The molecule has 0 amide bonds. The smallest absolute Gasteiger partial charge is 0.288 e. The minimum absolute atomic E-state index is 0.0339. The molecule has 0 aliphatic heterocycles. The van der Waals surface area contributed by atoms with Crippen LogP contribution in [0.3, 0.4) is 0 Å². The number of hydrogen-bond donors (Lipinski definition) is 0. The van der Waals surface area contributed by atoms with Gasteiger partial charge in [0, 0.05) is 16.8 Å². The molecule has 0 aliphatic carbocycles. The Morgan fingerprint density at radius 1 is 1.16 bits per heavy atom. The number of benzene rings is 1. The summed E-state index contributed by atoms with van der Waals surface area (Å²) < 4.78 is 24.7. The second-order valence-electron chi connectivity index (χ2n) is 3.57. The number of carbonyl (C=O) groups excluding carboxylic acids is 1. The van der Waals surface area contributed by atoms with E-state index in [0.29, 0.717) is 10.6 Å². The Morgan fingerprint density at radius 2 is 1.79 bits per heavy atom. The Balaban J connectivity index is 2.36. The van der Waals surface area contributed by atoms with Crippen LogP contribution in [0.25, 0.3) is 0 Å². The molecule has 7 heteroatoms. The zero-order valence-electron chi connectivity index (χ0n) is 9.28. The molecular weight excluding hydrogens is 297 g/mol. The number of rotatable bonds is 3. The molecule has 2 aromatic rings. The van der Waals surface area contributed by atoms with E-state index in [9.17, 15) is 13.6 Å². The van der Waals surface area contributed by atoms with Gasteiger partial charge in [-0.1, -0.05) is 23.2 Å². The number of halogens is 4. The summed E-state index contributed by atoms with van der Waals surface area (Å²) in [5.41, 5.74) is 0.285. The van der Waals surface area contributed by atoms with Crippen molar-refractivity contribution in [1.29, 1.82) is 0 Å². The van der Waals surface area contributed by atoms with Crippen molar-refractivity contribution in [2.75, 3.05) is 0 Å². The number of ketones is 1. The van der Waals surface area contributed by atoms with Crippen LogP contribution in [0.15, 0.2) is 30.5 Å². The summed E-state index contributed by atoms with van der Waals surface area (Å²) in [6.07, 6.45) is -1.84. The lowest BCUT2D eigenvalue weighted by molar-refractivity contribution is 0.103. The van der Waals surface area contributed by atoms with Crippen LogP contribution in [0.2, 0.25) is 10.2 Å². The third-order valence-corrected chi connectivity index (χ3v) is 2.85. The van der Waals surface area contributed by atoms with Gasteiger partial charge in [0.2, 0.25) is 0 Å². The zero-order valence-corrected chi connectivity index (χ0v) is 10.8. The number of nitrogens with zero attached hydrogens (tertiary/aromatic N) is 2. The molecule has 1 aromatic heterocycles. The van der Waals surface area contributed by atoms with E-state index in [1.165, 1.54) is 24.3 Å². The molecule has 1 heterocycles. The van der Waals surface area contributed by atoms with E-state index in [4.69, 9.17) is 23.2 Å². The highest BCUT2D eigenvalue weighted by Crippen LogP contribution is 2.21. The summed E-state index contributed by atoms with van der Waals surface area (Å²) in [5, 5.41) is 0.178. The van der Waals surface area contributed by atoms with Crippen LogP contribution < -0.4 is 0 Å². The van der Waals surface area contributed by atoms with Crippen LogP contribution in [0.4, 0.5) is 8.78 Å². The number of alkyl halides is 2. The minimum atomic E-state index is -2.84. The molecule has 0 atom stereocenters. The van der Waals surface area contributed by atoms with Crippen molar-refractivity contribution in [3.05, 3.63) is 57.6 Å². The quantitative estimate of drug-likeness (QED) is 0.637. The molecule has 0 unspecified atom stereocenters. The first-order valence-corrected chi connectivity index (χ1v) is 5.85. The Kier molecular flexibility index (Phi) is 4.07. The average Bonchev–Trinajstić information content (AvgIpc) is 2.38. The highest BCUT2D eigenvalue weighted by molar-refractivity contribution is 6.34. The van der Waals surface area contributed by atoms with E-state index < -0.39 is 18.0 Å². The Hall–Kier alpha value is -1.59. The third kappa shape index (κ3) is 3.05. The number of hydrogen-bond acceptors (Lipinski definition) is 3. The summed E-state index contributed by atoms with van der Waals surface area (Å²) in [5.74, 6) is -1.17. The van der Waals surface area contributed by atoms with Gasteiger partial charge in [-0.25, -0.2) is 18.7 Å². The highest BCUT2D eigenvalue weighted by Gasteiger charge is 2.18. The summed E-state index contributed by atoms with van der Waals surface area (Å²) in [6, 6.07) is 6.08. The average molecular weight is 303 g/mol. The van der Waals surface area contributed by atoms with Gasteiger partial charge in [-0.05, 0) is 24.3 Å². The van der Waals surface area contributed by atoms with Gasteiger partial charge in [0.05, 0.1) is 5.56 Å². The molecule has 2 rings (SSSR count). The zero-order chi connectivity index (χ0) is 14.0. The summed E-state index contributed by atoms with van der Waals surface area (Å²) in [6.45, 7) is 0. The van der Waals surface area contributed by atoms with Crippen LogP contribution in [0, 0.1) is 0 Å². The van der Waals surface area contributed by atoms with Gasteiger partial charge in [0.25, 0.3) is 6.43 Å². The van der Waals surface area contributed by atoms with Crippen molar-refractivity contribution >= 4 is 29.0 Å². The van der Waals surface area contributed by atoms with Gasteiger partial charge in [0.1, 0.15) is 5.15 Å². The fraction of sp³-hybridized carbons (Fsp3) is 0.0833. The first kappa shape index (κ1) is 13.8. The molecule has 0 radical (unpaired) electrons. The SMILES string of the molecule is O=C(c1ccc(Cl)cc1)c1cnc(C(F)F)nc1Cl. The molecule has 0 spiro atoms. The van der Waals surface area contributed by atoms with Crippen molar-refractivity contribution < 1.29 is 13.6 Å². The van der Waals surface area contributed by atoms with Crippen LogP contribution in [0.5, 0.6) is 0 Å². The van der Waals surface area contributed by atoms with Gasteiger partial charge in [-0.3, -0.25) is 4.79 Å². The van der Waals surface area contributed by atoms with Crippen LogP contribution in [-0.4, -0.2) is 15.8 Å². The third-order valence-electron chi connectivity index (χ3n) is 2.31. The lowest BCUT2D eigenvalue weighted by Gasteiger charge is -2.04. The first-order chi connectivity index (χ1) is 8.99. The van der Waals surface area contributed by atoms with E-state index in [1.54, 1.807) is 0 Å². The van der Waals surface area contributed by atoms with E-state index in [-0.39, 0.29) is 10.7 Å². The molecule has 98 valence electrons. The van der Waals surface area contributed by atoms with Crippen molar-refractivity contribution in [3.8, 4) is 0 Å². The van der Waals surface area contributed by atoms with Gasteiger partial charge in [0.15, 0.2) is 11.6 Å². The lowest BCUT2D eigenvalue weighted by Crippen LogP contribution is -2.06. The topological polar surface area (TPSA) is 42.9 Å². The van der Waals surface area contributed by atoms with Crippen LogP contribution >= 0.6 is 23.2 Å². The molecule has 0 bridgehead atoms. The van der Waals surface area contributed by atoms with Gasteiger partial charge in [-0.15, -0.1) is 0 Å². The molecule has 0 fully saturated rings. The predicted molar refractivity (Wildman–Crippen MR) is 66.9 cm³/mol. The van der Waals surface area contributed by atoms with E-state index in [2.05, 4.69) is 9.97 Å². The van der Waals surface area contributed by atoms with Gasteiger partial charge < -0.3 is 0 Å². The largest absolute Gasteiger partial charge is 0.297 e. The monoisotopic (exact) mass is 302 g/mol. The Morgan fingerprint density at radius 3 is 2.32 bits per heavy atom. The lowest BCUT2D eigenvalue weighted by atomic mass is 10.1. The predicted octanol–water partition coefficient (Wildman–Crippen LogP) is 3.95. The molecular formula is C12H6Cl2F2N2O. The van der Waals surface area contributed by atoms with E-state index in [0.717, 1.165) is 6.20 Å². The molecule has 1 aromatic carbocycles. The molecule has 0 N–H and O–H groups in total. The summed E-state index contributed by atoms with van der Waals surface area (Å²) in [7, 11) is 0. The highest BCUT2D eigenvalue weighted by atomic mass is 35.5. The Labute approximate surface area is 117 Å². The van der Waals surface area contributed by atoms with Gasteiger partial charge >= 0.3 is 0 Å². The molecule has 0 saturated carbocycles. The fourth-order valence-corrected chi connectivity index (χ4v) is 1.74.